The number of para-hydroxylation sites is 2. The summed E-state index contributed by atoms with van der Waals surface area (Å²) < 4.78 is 1.76. The Morgan fingerprint density at radius 3 is 2.61 bits per heavy atom. The van der Waals surface area contributed by atoms with Gasteiger partial charge in [0.15, 0.2) is 0 Å². The Balaban J connectivity index is 1.39. The van der Waals surface area contributed by atoms with Crippen LogP contribution in [0.5, 0.6) is 0 Å². The first kappa shape index (κ1) is 18.0. The summed E-state index contributed by atoms with van der Waals surface area (Å²) in [6, 6.07) is 18.0. The van der Waals surface area contributed by atoms with Crippen molar-refractivity contribution in [1.29, 1.82) is 0 Å². The van der Waals surface area contributed by atoms with E-state index in [0.717, 1.165) is 30.0 Å². The van der Waals surface area contributed by atoms with Crippen molar-refractivity contribution in [2.45, 2.75) is 19.4 Å². The number of aromatic nitrogens is 3. The molecule has 2 aromatic carbocycles. The molecule has 1 amide bonds. The van der Waals surface area contributed by atoms with Crippen LogP contribution in [0.3, 0.4) is 0 Å². The zero-order chi connectivity index (χ0) is 19.2. The van der Waals surface area contributed by atoms with Gasteiger partial charge in [-0.3, -0.25) is 4.79 Å². The van der Waals surface area contributed by atoms with Crippen molar-refractivity contribution in [2.24, 2.45) is 0 Å². The van der Waals surface area contributed by atoms with Gasteiger partial charge in [0.1, 0.15) is 5.69 Å². The monoisotopic (exact) mass is 373 g/mol. The van der Waals surface area contributed by atoms with Crippen LogP contribution in [0.25, 0.3) is 6.08 Å². The Hall–Kier alpha value is -3.41. The van der Waals surface area contributed by atoms with Crippen molar-refractivity contribution in [2.75, 3.05) is 23.3 Å². The van der Waals surface area contributed by atoms with Gasteiger partial charge >= 0.3 is 0 Å². The molecule has 1 aliphatic heterocycles. The van der Waals surface area contributed by atoms with E-state index >= 15 is 0 Å². The van der Waals surface area contributed by atoms with Gasteiger partial charge in [-0.25, -0.2) is 4.68 Å². The van der Waals surface area contributed by atoms with E-state index in [1.54, 1.807) is 10.8 Å². The molecule has 1 saturated heterocycles. The highest BCUT2D eigenvalue weighted by Crippen LogP contribution is 2.28. The second-order valence-electron chi connectivity index (χ2n) is 6.86. The van der Waals surface area contributed by atoms with Crippen LogP contribution in [-0.2, 0) is 11.3 Å². The maximum absolute atomic E-state index is 12.4. The SMILES string of the molecule is O=C(/C=C/c1cn(Cc2ccccc2)nn1)Nc1ccccc1N1CCCC1. The van der Waals surface area contributed by atoms with Crippen LogP contribution < -0.4 is 10.2 Å². The van der Waals surface area contributed by atoms with Gasteiger partial charge in [-0.2, -0.15) is 0 Å². The average Bonchev–Trinajstić information content (AvgIpc) is 3.40. The third-order valence-electron chi connectivity index (χ3n) is 4.76. The molecule has 0 bridgehead atoms. The predicted octanol–water partition coefficient (Wildman–Crippen LogP) is 3.58. The highest BCUT2D eigenvalue weighted by Gasteiger charge is 2.15. The molecular weight excluding hydrogens is 350 g/mol. The Kier molecular flexibility index (Phi) is 5.47. The van der Waals surface area contributed by atoms with Crippen molar-refractivity contribution >= 4 is 23.4 Å². The van der Waals surface area contributed by atoms with Gasteiger partial charge in [-0.1, -0.05) is 47.7 Å². The fourth-order valence-corrected chi connectivity index (χ4v) is 3.39. The smallest absolute Gasteiger partial charge is 0.248 e. The minimum Gasteiger partial charge on any atom is -0.370 e. The first-order valence-electron chi connectivity index (χ1n) is 9.55. The van der Waals surface area contributed by atoms with E-state index in [2.05, 4.69) is 26.6 Å². The Morgan fingerprint density at radius 2 is 1.79 bits per heavy atom. The highest BCUT2D eigenvalue weighted by molar-refractivity contribution is 6.03. The third kappa shape index (κ3) is 4.46. The van der Waals surface area contributed by atoms with E-state index in [0.29, 0.717) is 12.2 Å². The van der Waals surface area contributed by atoms with E-state index in [1.165, 1.54) is 18.9 Å². The third-order valence-corrected chi connectivity index (χ3v) is 4.76. The minimum atomic E-state index is -0.177. The predicted molar refractivity (Wildman–Crippen MR) is 111 cm³/mol. The Bertz CT molecular complexity index is 958. The van der Waals surface area contributed by atoms with Gasteiger partial charge in [-0.05, 0) is 36.6 Å². The molecule has 2 heterocycles. The summed E-state index contributed by atoms with van der Waals surface area (Å²) >= 11 is 0. The van der Waals surface area contributed by atoms with Crippen LogP contribution in [0.4, 0.5) is 11.4 Å². The summed E-state index contributed by atoms with van der Waals surface area (Å²) in [5.41, 5.74) is 3.72. The largest absolute Gasteiger partial charge is 0.370 e. The maximum atomic E-state index is 12.4. The minimum absolute atomic E-state index is 0.177. The van der Waals surface area contributed by atoms with Crippen LogP contribution in [0.1, 0.15) is 24.1 Å². The lowest BCUT2D eigenvalue weighted by molar-refractivity contribution is -0.111. The van der Waals surface area contributed by atoms with E-state index in [-0.39, 0.29) is 5.91 Å². The van der Waals surface area contributed by atoms with E-state index in [9.17, 15) is 4.79 Å². The van der Waals surface area contributed by atoms with Gasteiger partial charge in [-0.15, -0.1) is 5.10 Å². The lowest BCUT2D eigenvalue weighted by Crippen LogP contribution is -2.20. The van der Waals surface area contributed by atoms with Crippen molar-refractivity contribution in [3.8, 4) is 0 Å². The number of benzene rings is 2. The number of nitrogens with zero attached hydrogens (tertiary/aromatic N) is 4. The summed E-state index contributed by atoms with van der Waals surface area (Å²) in [5, 5.41) is 11.2. The Labute approximate surface area is 164 Å². The molecule has 1 N–H and O–H groups in total. The van der Waals surface area contributed by atoms with Gasteiger partial charge < -0.3 is 10.2 Å². The maximum Gasteiger partial charge on any atom is 0.248 e. The molecule has 0 aliphatic carbocycles. The molecule has 4 rings (SSSR count). The molecule has 0 unspecified atom stereocenters. The molecule has 28 heavy (non-hydrogen) atoms. The number of carbonyl (C=O) groups is 1. The zero-order valence-electron chi connectivity index (χ0n) is 15.7. The first-order valence-corrected chi connectivity index (χ1v) is 9.55. The number of anilines is 2. The molecule has 1 fully saturated rings. The lowest BCUT2D eigenvalue weighted by Gasteiger charge is -2.21. The van der Waals surface area contributed by atoms with Gasteiger partial charge in [0.2, 0.25) is 5.91 Å². The molecule has 1 aliphatic rings. The summed E-state index contributed by atoms with van der Waals surface area (Å²) in [6.45, 7) is 2.72. The van der Waals surface area contributed by atoms with Crippen LogP contribution >= 0.6 is 0 Å². The standard InChI is InChI=1S/C22H23N5O/c28-22(23-20-10-4-5-11-21(20)26-14-6-7-15-26)13-12-19-17-27(25-24-19)16-18-8-2-1-3-9-18/h1-5,8-13,17H,6-7,14-16H2,(H,23,28)/b13-12+. The molecule has 1 aromatic heterocycles. The van der Waals surface area contributed by atoms with Gasteiger partial charge in [0, 0.05) is 19.2 Å². The lowest BCUT2D eigenvalue weighted by atomic mass is 10.2. The van der Waals surface area contributed by atoms with E-state index < -0.39 is 0 Å². The second-order valence-corrected chi connectivity index (χ2v) is 6.86. The molecule has 0 atom stereocenters. The number of amides is 1. The molecule has 0 spiro atoms. The summed E-state index contributed by atoms with van der Waals surface area (Å²) in [5.74, 6) is -0.177. The normalized spacial score (nSPS) is 13.9. The molecule has 0 saturated carbocycles. The first-order chi connectivity index (χ1) is 13.8. The fourth-order valence-electron chi connectivity index (χ4n) is 3.39. The molecule has 6 nitrogen and oxygen atoms in total. The second kappa shape index (κ2) is 8.52. The topological polar surface area (TPSA) is 63.1 Å². The molecule has 6 heteroatoms. The number of hydrogen-bond acceptors (Lipinski definition) is 4. The van der Waals surface area contributed by atoms with Gasteiger partial charge in [0.05, 0.1) is 24.1 Å². The Morgan fingerprint density at radius 1 is 1.04 bits per heavy atom. The van der Waals surface area contributed by atoms with Crippen molar-refractivity contribution in [3.05, 3.63) is 78.1 Å². The van der Waals surface area contributed by atoms with E-state index in [1.807, 2.05) is 54.7 Å². The molecule has 0 radical (unpaired) electrons. The number of carbonyl (C=O) groups excluding carboxylic acids is 1. The molecular formula is C22H23N5O. The van der Waals surface area contributed by atoms with E-state index in [4.69, 9.17) is 0 Å². The zero-order valence-corrected chi connectivity index (χ0v) is 15.7. The van der Waals surface area contributed by atoms with Crippen molar-refractivity contribution in [3.63, 3.8) is 0 Å². The number of hydrogen-bond donors (Lipinski definition) is 1. The highest BCUT2D eigenvalue weighted by atomic mass is 16.1. The summed E-state index contributed by atoms with van der Waals surface area (Å²) in [7, 11) is 0. The fraction of sp³-hybridized carbons (Fsp3) is 0.227. The van der Waals surface area contributed by atoms with Gasteiger partial charge in [0.25, 0.3) is 0 Å². The van der Waals surface area contributed by atoms with Crippen LogP contribution in [0.15, 0.2) is 66.9 Å². The number of nitrogens with one attached hydrogen (secondary N) is 1. The van der Waals surface area contributed by atoms with Crippen molar-refractivity contribution < 1.29 is 4.79 Å². The number of rotatable bonds is 6. The quantitative estimate of drug-likeness (QED) is 0.671. The summed E-state index contributed by atoms with van der Waals surface area (Å²) in [6.07, 6.45) is 7.40. The summed E-state index contributed by atoms with van der Waals surface area (Å²) in [4.78, 5) is 14.7. The molecule has 142 valence electrons. The van der Waals surface area contributed by atoms with Crippen LogP contribution in [-0.4, -0.2) is 34.0 Å². The van der Waals surface area contributed by atoms with Crippen LogP contribution in [0.2, 0.25) is 0 Å². The molecule has 3 aromatic rings. The van der Waals surface area contributed by atoms with Crippen molar-refractivity contribution in [1.82, 2.24) is 15.0 Å². The van der Waals surface area contributed by atoms with Crippen LogP contribution in [0, 0.1) is 0 Å². The average molecular weight is 373 g/mol.